The molecule has 0 aliphatic heterocycles. The molecule has 4 nitrogen and oxygen atoms in total. The zero-order valence-corrected chi connectivity index (χ0v) is 12.4. The van der Waals surface area contributed by atoms with Gasteiger partial charge in [-0.25, -0.2) is 4.98 Å². The maximum Gasteiger partial charge on any atom is 0.308 e. The van der Waals surface area contributed by atoms with E-state index < -0.39 is 5.97 Å². The second kappa shape index (κ2) is 6.55. The van der Waals surface area contributed by atoms with E-state index in [2.05, 4.69) is 11.1 Å². The van der Waals surface area contributed by atoms with E-state index >= 15 is 0 Å². The van der Waals surface area contributed by atoms with Crippen molar-refractivity contribution in [1.29, 1.82) is 5.26 Å². The van der Waals surface area contributed by atoms with Crippen molar-refractivity contribution in [3.63, 3.8) is 0 Å². The van der Waals surface area contributed by atoms with Gasteiger partial charge in [0, 0.05) is 10.6 Å². The van der Waals surface area contributed by atoms with Crippen molar-refractivity contribution in [2.24, 2.45) is 0 Å². The molecular weight excluding hydrogens is 292 g/mol. The van der Waals surface area contributed by atoms with Crippen molar-refractivity contribution >= 4 is 29.1 Å². The first-order valence-electron chi connectivity index (χ1n) is 5.88. The lowest BCUT2D eigenvalue weighted by Crippen LogP contribution is -1.99. The minimum absolute atomic E-state index is 0.0287. The lowest BCUT2D eigenvalue weighted by molar-refractivity contribution is -0.136. The Labute approximate surface area is 125 Å². The average molecular weight is 304 g/mol. The monoisotopic (exact) mass is 304 g/mol. The fourth-order valence-electron chi connectivity index (χ4n) is 1.59. The van der Waals surface area contributed by atoms with Gasteiger partial charge in [-0.05, 0) is 24.6 Å². The third-order valence-electron chi connectivity index (χ3n) is 2.63. The summed E-state index contributed by atoms with van der Waals surface area (Å²) in [7, 11) is 0. The van der Waals surface area contributed by atoms with Gasteiger partial charge < -0.3 is 5.11 Å². The van der Waals surface area contributed by atoms with Crippen LogP contribution < -0.4 is 0 Å². The number of carboxylic acid groups (broad SMARTS) is 1. The number of aliphatic carboxylic acids is 1. The first-order chi connectivity index (χ1) is 9.58. The lowest BCUT2D eigenvalue weighted by Gasteiger charge is -1.98. The van der Waals surface area contributed by atoms with Gasteiger partial charge in [-0.1, -0.05) is 23.9 Å². The van der Waals surface area contributed by atoms with Crippen LogP contribution in [0.5, 0.6) is 0 Å². The molecular formula is C14H12N2O2S2. The Morgan fingerprint density at radius 1 is 1.45 bits per heavy atom. The van der Waals surface area contributed by atoms with Crippen LogP contribution in [-0.4, -0.2) is 16.1 Å². The number of rotatable bonds is 5. The minimum atomic E-state index is -0.833. The number of carbonyl (C=O) groups is 1. The van der Waals surface area contributed by atoms with Crippen LogP contribution in [-0.2, 0) is 17.0 Å². The number of hydrogen-bond acceptors (Lipinski definition) is 5. The fraction of sp³-hybridized carbons (Fsp3) is 0.214. The Balaban J connectivity index is 2.00. The summed E-state index contributed by atoms with van der Waals surface area (Å²) in [5.74, 6) is -0.0778. The SMILES string of the molecule is Cc1nc(SCc2ccc(C#N)cc2)sc1CC(=O)O. The number of aryl methyl sites for hydroxylation is 1. The number of hydrogen-bond donors (Lipinski definition) is 1. The van der Waals surface area contributed by atoms with Crippen molar-refractivity contribution < 1.29 is 9.90 Å². The summed E-state index contributed by atoms with van der Waals surface area (Å²) in [4.78, 5) is 15.9. The Hall–Kier alpha value is -1.84. The van der Waals surface area contributed by atoms with E-state index in [0.29, 0.717) is 5.56 Å². The molecule has 0 saturated carbocycles. The first kappa shape index (κ1) is 14.6. The topological polar surface area (TPSA) is 74.0 Å². The smallest absolute Gasteiger partial charge is 0.308 e. The number of carboxylic acids is 1. The van der Waals surface area contributed by atoms with E-state index in [1.807, 2.05) is 19.1 Å². The van der Waals surface area contributed by atoms with Gasteiger partial charge in [0.05, 0.1) is 23.7 Å². The van der Waals surface area contributed by atoms with Crippen molar-refractivity contribution in [3.05, 3.63) is 46.0 Å². The standard InChI is InChI=1S/C14H12N2O2S2/c1-9-12(6-13(17)18)20-14(16-9)19-8-11-4-2-10(7-15)3-5-11/h2-5H,6,8H2,1H3,(H,17,18). The Kier molecular flexibility index (Phi) is 4.77. The molecule has 0 aliphatic rings. The van der Waals surface area contributed by atoms with Crippen LogP contribution in [0, 0.1) is 18.3 Å². The molecule has 0 spiro atoms. The molecule has 1 N–H and O–H groups in total. The zero-order chi connectivity index (χ0) is 14.5. The van der Waals surface area contributed by atoms with Crippen LogP contribution in [0.2, 0.25) is 0 Å². The molecule has 1 aromatic heterocycles. The second-order valence-electron chi connectivity index (χ2n) is 4.16. The van der Waals surface area contributed by atoms with Crippen LogP contribution in [0.4, 0.5) is 0 Å². The van der Waals surface area contributed by atoms with Gasteiger partial charge in [-0.3, -0.25) is 4.79 Å². The fourth-order valence-corrected chi connectivity index (χ4v) is 3.77. The zero-order valence-electron chi connectivity index (χ0n) is 10.8. The summed E-state index contributed by atoms with van der Waals surface area (Å²) in [5, 5.41) is 17.5. The van der Waals surface area contributed by atoms with Gasteiger partial charge in [-0.15, -0.1) is 11.3 Å². The molecule has 20 heavy (non-hydrogen) atoms. The van der Waals surface area contributed by atoms with Gasteiger partial charge in [-0.2, -0.15) is 5.26 Å². The number of thiazole rings is 1. The molecule has 0 atom stereocenters. The van der Waals surface area contributed by atoms with E-state index in [1.165, 1.54) is 11.3 Å². The summed E-state index contributed by atoms with van der Waals surface area (Å²) in [6.45, 7) is 1.83. The molecule has 0 bridgehead atoms. The quantitative estimate of drug-likeness (QED) is 0.858. The predicted molar refractivity (Wildman–Crippen MR) is 78.9 cm³/mol. The Morgan fingerprint density at radius 2 is 2.15 bits per heavy atom. The Morgan fingerprint density at radius 3 is 2.75 bits per heavy atom. The largest absolute Gasteiger partial charge is 0.481 e. The van der Waals surface area contributed by atoms with E-state index in [4.69, 9.17) is 10.4 Å². The van der Waals surface area contributed by atoms with Crippen LogP contribution in [0.15, 0.2) is 28.6 Å². The summed E-state index contributed by atoms with van der Waals surface area (Å²) in [6.07, 6.45) is 0.0287. The molecule has 6 heteroatoms. The molecule has 0 saturated heterocycles. The third kappa shape index (κ3) is 3.83. The molecule has 102 valence electrons. The van der Waals surface area contributed by atoms with Gasteiger partial charge in [0.1, 0.15) is 0 Å². The van der Waals surface area contributed by atoms with Crippen molar-refractivity contribution in [1.82, 2.24) is 4.98 Å². The van der Waals surface area contributed by atoms with Crippen LogP contribution in [0.1, 0.15) is 21.7 Å². The third-order valence-corrected chi connectivity index (χ3v) is 5.00. The molecule has 1 aromatic carbocycles. The van der Waals surface area contributed by atoms with E-state index in [0.717, 1.165) is 26.2 Å². The summed E-state index contributed by atoms with van der Waals surface area (Å²) in [5.41, 5.74) is 2.55. The molecule has 0 fully saturated rings. The highest BCUT2D eigenvalue weighted by Crippen LogP contribution is 2.30. The molecule has 0 aliphatic carbocycles. The highest BCUT2D eigenvalue weighted by atomic mass is 32.2. The normalized spacial score (nSPS) is 10.2. The van der Waals surface area contributed by atoms with Crippen molar-refractivity contribution in [3.8, 4) is 6.07 Å². The average Bonchev–Trinajstić information content (AvgIpc) is 2.77. The first-order valence-corrected chi connectivity index (χ1v) is 7.68. The number of thioether (sulfide) groups is 1. The van der Waals surface area contributed by atoms with Crippen LogP contribution in [0.25, 0.3) is 0 Å². The summed E-state index contributed by atoms with van der Waals surface area (Å²) >= 11 is 3.01. The number of nitriles is 1. The molecule has 0 radical (unpaired) electrons. The molecule has 0 amide bonds. The van der Waals surface area contributed by atoms with Gasteiger partial charge in [0.15, 0.2) is 4.34 Å². The predicted octanol–water partition coefficient (Wildman–Crippen LogP) is 3.24. The highest BCUT2D eigenvalue weighted by Gasteiger charge is 2.11. The van der Waals surface area contributed by atoms with Crippen molar-refractivity contribution in [2.75, 3.05) is 0 Å². The second-order valence-corrected chi connectivity index (χ2v) is 6.46. The maximum atomic E-state index is 10.7. The minimum Gasteiger partial charge on any atom is -0.481 e. The van der Waals surface area contributed by atoms with E-state index in [-0.39, 0.29) is 6.42 Å². The summed E-state index contributed by atoms with van der Waals surface area (Å²) < 4.78 is 0.878. The number of aromatic nitrogens is 1. The Bertz CT molecular complexity index is 657. The van der Waals surface area contributed by atoms with Crippen LogP contribution >= 0.6 is 23.1 Å². The van der Waals surface area contributed by atoms with Gasteiger partial charge in [0.25, 0.3) is 0 Å². The number of benzene rings is 1. The van der Waals surface area contributed by atoms with Crippen molar-refractivity contribution in [2.45, 2.75) is 23.4 Å². The van der Waals surface area contributed by atoms with Gasteiger partial charge >= 0.3 is 5.97 Å². The number of nitrogens with zero attached hydrogens (tertiary/aromatic N) is 2. The van der Waals surface area contributed by atoms with E-state index in [9.17, 15) is 4.79 Å². The summed E-state index contributed by atoms with van der Waals surface area (Å²) in [6, 6.07) is 9.51. The highest BCUT2D eigenvalue weighted by molar-refractivity contribution is 8.00. The lowest BCUT2D eigenvalue weighted by atomic mass is 10.2. The molecule has 2 aromatic rings. The van der Waals surface area contributed by atoms with Crippen LogP contribution in [0.3, 0.4) is 0 Å². The molecule has 1 heterocycles. The maximum absolute atomic E-state index is 10.7. The van der Waals surface area contributed by atoms with Gasteiger partial charge in [0.2, 0.25) is 0 Å². The molecule has 0 unspecified atom stereocenters. The molecule has 2 rings (SSSR count). The van der Waals surface area contributed by atoms with E-state index in [1.54, 1.807) is 23.9 Å².